The highest BCUT2D eigenvalue weighted by atomic mass is 35.5. The van der Waals surface area contributed by atoms with E-state index in [0.717, 1.165) is 26.1 Å². The van der Waals surface area contributed by atoms with Crippen LogP contribution in [0.5, 0.6) is 0 Å². The Bertz CT molecular complexity index is 249. The molecule has 0 atom stereocenters. The Morgan fingerprint density at radius 3 is 2.57 bits per heavy atom. The van der Waals surface area contributed by atoms with E-state index in [-0.39, 0.29) is 11.6 Å². The van der Waals surface area contributed by atoms with Gasteiger partial charge >= 0.3 is 0 Å². The smallest absolute Gasteiger partial charge is 0.212 e. The third kappa shape index (κ3) is 4.59. The average Bonchev–Trinajstić information content (AvgIpc) is 2.17. The molecule has 0 saturated carbocycles. The topological polar surface area (TPSA) is 55.4 Å². The molecule has 0 amide bonds. The molecule has 6 heteroatoms. The van der Waals surface area contributed by atoms with Crippen LogP contribution in [0.25, 0.3) is 0 Å². The maximum Gasteiger partial charge on any atom is 0.212 e. The molecule has 0 spiro atoms. The van der Waals surface area contributed by atoms with Gasteiger partial charge in [0.05, 0.1) is 5.75 Å². The number of ether oxygens (including phenoxy) is 1. The Labute approximate surface area is 90.0 Å². The number of alkyl halides is 1. The number of sulfonamides is 1. The lowest BCUT2D eigenvalue weighted by Gasteiger charge is -2.21. The van der Waals surface area contributed by atoms with Crippen molar-refractivity contribution < 1.29 is 13.2 Å². The largest absolute Gasteiger partial charge is 0.381 e. The lowest BCUT2D eigenvalue weighted by molar-refractivity contribution is 0.0678. The maximum atomic E-state index is 11.2. The van der Waals surface area contributed by atoms with Crippen molar-refractivity contribution in [3.05, 3.63) is 0 Å². The van der Waals surface area contributed by atoms with Gasteiger partial charge in [0.2, 0.25) is 10.0 Å². The third-order valence-electron chi connectivity index (χ3n) is 2.28. The molecule has 84 valence electrons. The van der Waals surface area contributed by atoms with Crippen LogP contribution in [-0.4, -0.2) is 39.8 Å². The van der Waals surface area contributed by atoms with Crippen LogP contribution in [0.1, 0.15) is 12.8 Å². The van der Waals surface area contributed by atoms with Crippen molar-refractivity contribution in [2.45, 2.75) is 12.8 Å². The van der Waals surface area contributed by atoms with Gasteiger partial charge in [-0.15, -0.1) is 11.6 Å². The molecule has 1 saturated heterocycles. The highest BCUT2D eigenvalue weighted by Crippen LogP contribution is 2.13. The van der Waals surface area contributed by atoms with E-state index in [1.54, 1.807) is 0 Å². The molecule has 1 aliphatic rings. The Kier molecular flexibility index (Phi) is 5.15. The van der Waals surface area contributed by atoms with Gasteiger partial charge in [0.1, 0.15) is 0 Å². The van der Waals surface area contributed by atoms with Gasteiger partial charge in [-0.1, -0.05) is 0 Å². The summed E-state index contributed by atoms with van der Waals surface area (Å²) in [5.74, 6) is 0.551. The molecule has 0 aliphatic carbocycles. The number of hydrogen-bond donors (Lipinski definition) is 1. The van der Waals surface area contributed by atoms with Crippen molar-refractivity contribution in [3.63, 3.8) is 0 Å². The first-order chi connectivity index (χ1) is 6.64. The Balaban J connectivity index is 2.24. The van der Waals surface area contributed by atoms with Gasteiger partial charge in [-0.3, -0.25) is 0 Å². The summed E-state index contributed by atoms with van der Waals surface area (Å²) < 4.78 is 30.2. The molecule has 0 radical (unpaired) electrons. The van der Waals surface area contributed by atoms with Crippen molar-refractivity contribution in [1.29, 1.82) is 0 Å². The van der Waals surface area contributed by atoms with Crippen LogP contribution in [0, 0.1) is 5.92 Å². The van der Waals surface area contributed by atoms with Gasteiger partial charge in [-0.2, -0.15) is 0 Å². The van der Waals surface area contributed by atoms with Gasteiger partial charge in [0, 0.05) is 25.6 Å². The maximum absolute atomic E-state index is 11.2. The number of hydrogen-bond acceptors (Lipinski definition) is 3. The fraction of sp³-hybridized carbons (Fsp3) is 1.00. The van der Waals surface area contributed by atoms with Gasteiger partial charge in [0.25, 0.3) is 0 Å². The fourth-order valence-electron chi connectivity index (χ4n) is 1.37. The second-order valence-electron chi connectivity index (χ2n) is 3.41. The van der Waals surface area contributed by atoms with Crippen molar-refractivity contribution in [2.24, 2.45) is 5.92 Å². The molecule has 1 heterocycles. The lowest BCUT2D eigenvalue weighted by Crippen LogP contribution is -2.33. The highest BCUT2D eigenvalue weighted by Gasteiger charge is 2.16. The molecular formula is C8H16ClNO3S. The monoisotopic (exact) mass is 241 g/mol. The molecule has 1 aliphatic heterocycles. The highest BCUT2D eigenvalue weighted by molar-refractivity contribution is 7.89. The first-order valence-corrected chi connectivity index (χ1v) is 6.94. The molecule has 1 rings (SSSR count). The molecule has 0 aromatic carbocycles. The SMILES string of the molecule is O=S(=O)(CCCl)NCC1CCOCC1. The summed E-state index contributed by atoms with van der Waals surface area (Å²) in [6.07, 6.45) is 1.87. The summed E-state index contributed by atoms with van der Waals surface area (Å²) in [6.45, 7) is 1.99. The lowest BCUT2D eigenvalue weighted by atomic mass is 10.0. The minimum Gasteiger partial charge on any atom is -0.381 e. The van der Waals surface area contributed by atoms with E-state index in [1.165, 1.54) is 0 Å². The van der Waals surface area contributed by atoms with E-state index in [4.69, 9.17) is 16.3 Å². The second-order valence-corrected chi connectivity index (χ2v) is 5.72. The molecule has 4 nitrogen and oxygen atoms in total. The van der Waals surface area contributed by atoms with Crippen LogP contribution in [0.15, 0.2) is 0 Å². The summed E-state index contributed by atoms with van der Waals surface area (Å²) >= 11 is 5.37. The van der Waals surface area contributed by atoms with Gasteiger partial charge < -0.3 is 4.74 Å². The van der Waals surface area contributed by atoms with Crippen LogP contribution in [0.3, 0.4) is 0 Å². The Morgan fingerprint density at radius 1 is 1.36 bits per heavy atom. The molecular weight excluding hydrogens is 226 g/mol. The predicted octanol–water partition coefficient (Wildman–Crippen LogP) is 0.571. The molecule has 1 N–H and O–H groups in total. The molecule has 0 aromatic heterocycles. The van der Waals surface area contributed by atoms with Crippen LogP contribution in [-0.2, 0) is 14.8 Å². The summed E-state index contributed by atoms with van der Waals surface area (Å²) in [7, 11) is -3.15. The van der Waals surface area contributed by atoms with E-state index in [9.17, 15) is 8.42 Å². The second kappa shape index (κ2) is 5.90. The zero-order chi connectivity index (χ0) is 10.4. The quantitative estimate of drug-likeness (QED) is 0.716. The minimum atomic E-state index is -3.15. The van der Waals surface area contributed by atoms with Gasteiger partial charge in [-0.25, -0.2) is 13.1 Å². The molecule has 0 bridgehead atoms. The first kappa shape index (κ1) is 12.2. The van der Waals surface area contributed by atoms with Crippen molar-refractivity contribution in [3.8, 4) is 0 Å². The van der Waals surface area contributed by atoms with Crippen LogP contribution in [0.2, 0.25) is 0 Å². The zero-order valence-electron chi connectivity index (χ0n) is 8.04. The molecule has 14 heavy (non-hydrogen) atoms. The minimum absolute atomic E-state index is 0.00221. The fourth-order valence-corrected chi connectivity index (χ4v) is 2.82. The molecule has 0 aromatic rings. The van der Waals surface area contributed by atoms with E-state index < -0.39 is 10.0 Å². The summed E-state index contributed by atoms with van der Waals surface area (Å²) in [5.41, 5.74) is 0. The predicted molar refractivity (Wildman–Crippen MR) is 56.1 cm³/mol. The van der Waals surface area contributed by atoms with Gasteiger partial charge in [-0.05, 0) is 18.8 Å². The third-order valence-corrected chi connectivity index (χ3v) is 4.04. The van der Waals surface area contributed by atoms with Crippen LogP contribution >= 0.6 is 11.6 Å². The number of rotatable bonds is 5. The molecule has 1 fully saturated rings. The Morgan fingerprint density at radius 2 is 2.00 bits per heavy atom. The van der Waals surface area contributed by atoms with Crippen LogP contribution < -0.4 is 4.72 Å². The Hall–Kier alpha value is 0.160. The van der Waals surface area contributed by atoms with Crippen LogP contribution in [0.4, 0.5) is 0 Å². The average molecular weight is 242 g/mol. The van der Waals surface area contributed by atoms with Crippen molar-refractivity contribution in [1.82, 2.24) is 4.72 Å². The van der Waals surface area contributed by atoms with Gasteiger partial charge in [0.15, 0.2) is 0 Å². The van der Waals surface area contributed by atoms with E-state index >= 15 is 0 Å². The van der Waals surface area contributed by atoms with E-state index in [1.807, 2.05) is 0 Å². The number of halogens is 1. The standard InChI is InChI=1S/C8H16ClNO3S/c9-3-6-14(11,12)10-7-8-1-4-13-5-2-8/h8,10H,1-7H2. The molecule has 0 unspecified atom stereocenters. The van der Waals surface area contributed by atoms with E-state index in [0.29, 0.717) is 12.5 Å². The zero-order valence-corrected chi connectivity index (χ0v) is 9.61. The van der Waals surface area contributed by atoms with Crippen molar-refractivity contribution in [2.75, 3.05) is 31.4 Å². The summed E-state index contributed by atoms with van der Waals surface area (Å²) in [6, 6.07) is 0. The summed E-state index contributed by atoms with van der Waals surface area (Å²) in [4.78, 5) is 0. The van der Waals surface area contributed by atoms with Crippen molar-refractivity contribution >= 4 is 21.6 Å². The number of nitrogens with one attached hydrogen (secondary N) is 1. The summed E-state index contributed by atoms with van der Waals surface area (Å²) in [5, 5.41) is 0. The first-order valence-electron chi connectivity index (χ1n) is 4.75. The normalized spacial score (nSPS) is 19.8. The van der Waals surface area contributed by atoms with E-state index in [2.05, 4.69) is 4.72 Å².